The van der Waals surface area contributed by atoms with Crippen molar-refractivity contribution in [2.45, 2.75) is 0 Å². The quantitative estimate of drug-likeness (QED) is 0.621. The summed E-state index contributed by atoms with van der Waals surface area (Å²) in [5, 5.41) is 4.51. The van der Waals surface area contributed by atoms with Gasteiger partial charge in [0.15, 0.2) is 0 Å². The van der Waals surface area contributed by atoms with Crippen molar-refractivity contribution in [3.63, 3.8) is 0 Å². The molecule has 13 heavy (non-hydrogen) atoms. The van der Waals surface area contributed by atoms with Gasteiger partial charge in [-0.05, 0) is 18.2 Å². The topological polar surface area (TPSA) is 52.3 Å². The number of methoxy groups -OCH3 is 1. The standard InChI is InChI=1S/C9H7NO3/c1-12-9(11)6-2-3-8-7(4-6)5-13-10-8/h2-5H,1H3. The molecule has 0 aliphatic rings. The second-order valence-electron chi connectivity index (χ2n) is 2.58. The Morgan fingerprint density at radius 3 is 3.15 bits per heavy atom. The average Bonchev–Trinajstić information content (AvgIpc) is 2.63. The SMILES string of the molecule is COC(=O)c1ccc2nocc2c1. The van der Waals surface area contributed by atoms with Crippen molar-refractivity contribution in [3.8, 4) is 0 Å². The van der Waals surface area contributed by atoms with Gasteiger partial charge in [0.2, 0.25) is 0 Å². The van der Waals surface area contributed by atoms with Gasteiger partial charge in [-0.3, -0.25) is 0 Å². The summed E-state index contributed by atoms with van der Waals surface area (Å²) in [6, 6.07) is 5.04. The van der Waals surface area contributed by atoms with E-state index in [0.717, 1.165) is 10.9 Å². The molecule has 4 heteroatoms. The van der Waals surface area contributed by atoms with Gasteiger partial charge >= 0.3 is 5.97 Å². The van der Waals surface area contributed by atoms with Crippen LogP contribution in [0.4, 0.5) is 0 Å². The van der Waals surface area contributed by atoms with Gasteiger partial charge in [0.25, 0.3) is 0 Å². The first-order valence-electron chi connectivity index (χ1n) is 3.74. The zero-order chi connectivity index (χ0) is 9.26. The van der Waals surface area contributed by atoms with Crippen molar-refractivity contribution in [1.29, 1.82) is 0 Å². The van der Waals surface area contributed by atoms with Crippen LogP contribution in [-0.4, -0.2) is 18.2 Å². The van der Waals surface area contributed by atoms with Crippen LogP contribution in [0.3, 0.4) is 0 Å². The minimum Gasteiger partial charge on any atom is -0.465 e. The minimum atomic E-state index is -0.358. The molecule has 0 spiro atoms. The maximum Gasteiger partial charge on any atom is 0.337 e. The summed E-state index contributed by atoms with van der Waals surface area (Å²) in [5.41, 5.74) is 1.23. The number of hydrogen-bond donors (Lipinski definition) is 0. The molecule has 66 valence electrons. The third-order valence-electron chi connectivity index (χ3n) is 1.78. The van der Waals surface area contributed by atoms with Gasteiger partial charge in [0.05, 0.1) is 12.7 Å². The molecule has 0 aliphatic carbocycles. The Morgan fingerprint density at radius 2 is 2.38 bits per heavy atom. The van der Waals surface area contributed by atoms with Crippen molar-refractivity contribution in [2.75, 3.05) is 7.11 Å². The Balaban J connectivity index is 2.54. The second kappa shape index (κ2) is 2.90. The molecular formula is C9H7NO3. The van der Waals surface area contributed by atoms with Crippen LogP contribution in [0.1, 0.15) is 10.4 Å². The van der Waals surface area contributed by atoms with Crippen LogP contribution in [-0.2, 0) is 4.74 Å². The fourth-order valence-electron chi connectivity index (χ4n) is 1.12. The molecule has 0 radical (unpaired) electrons. The van der Waals surface area contributed by atoms with Gasteiger partial charge in [-0.2, -0.15) is 0 Å². The van der Waals surface area contributed by atoms with E-state index in [1.807, 2.05) is 0 Å². The Kier molecular flexibility index (Phi) is 1.73. The number of esters is 1. The molecule has 0 unspecified atom stereocenters. The summed E-state index contributed by atoms with van der Waals surface area (Å²) in [6.07, 6.45) is 1.49. The molecule has 1 aromatic carbocycles. The normalized spacial score (nSPS) is 10.2. The summed E-state index contributed by atoms with van der Waals surface area (Å²) < 4.78 is 9.30. The molecule has 0 atom stereocenters. The molecule has 2 rings (SSSR count). The Bertz CT molecular complexity index is 447. The van der Waals surface area contributed by atoms with E-state index in [0.29, 0.717) is 5.56 Å². The molecule has 0 bridgehead atoms. The highest BCUT2D eigenvalue weighted by Gasteiger charge is 2.06. The van der Waals surface area contributed by atoms with E-state index in [4.69, 9.17) is 4.52 Å². The summed E-state index contributed by atoms with van der Waals surface area (Å²) in [7, 11) is 1.35. The van der Waals surface area contributed by atoms with Crippen molar-refractivity contribution >= 4 is 16.9 Å². The van der Waals surface area contributed by atoms with Crippen LogP contribution >= 0.6 is 0 Å². The number of fused-ring (bicyclic) bond motifs is 1. The third-order valence-corrected chi connectivity index (χ3v) is 1.78. The zero-order valence-electron chi connectivity index (χ0n) is 6.98. The highest BCUT2D eigenvalue weighted by atomic mass is 16.5. The lowest BCUT2D eigenvalue weighted by Crippen LogP contribution is -2.00. The van der Waals surface area contributed by atoms with Gasteiger partial charge in [-0.25, -0.2) is 4.79 Å². The molecule has 2 aromatic rings. The maximum absolute atomic E-state index is 11.1. The largest absolute Gasteiger partial charge is 0.465 e. The molecule has 1 heterocycles. The molecule has 0 saturated carbocycles. The van der Waals surface area contributed by atoms with Gasteiger partial charge in [-0.1, -0.05) is 5.16 Å². The average molecular weight is 177 g/mol. The number of aromatic nitrogens is 1. The van der Waals surface area contributed by atoms with E-state index >= 15 is 0 Å². The van der Waals surface area contributed by atoms with E-state index < -0.39 is 0 Å². The fourth-order valence-corrected chi connectivity index (χ4v) is 1.12. The Labute approximate surface area is 74.1 Å². The summed E-state index contributed by atoms with van der Waals surface area (Å²) in [4.78, 5) is 11.1. The Hall–Kier alpha value is -1.84. The van der Waals surface area contributed by atoms with Crippen LogP contribution in [0.2, 0.25) is 0 Å². The third kappa shape index (κ3) is 1.26. The van der Waals surface area contributed by atoms with E-state index in [1.54, 1.807) is 18.2 Å². The van der Waals surface area contributed by atoms with Crippen LogP contribution in [0.5, 0.6) is 0 Å². The van der Waals surface area contributed by atoms with Crippen LogP contribution in [0.25, 0.3) is 10.9 Å². The van der Waals surface area contributed by atoms with Gasteiger partial charge in [0.1, 0.15) is 11.8 Å². The highest BCUT2D eigenvalue weighted by molar-refractivity contribution is 5.94. The molecule has 0 N–H and O–H groups in total. The number of carbonyl (C=O) groups excluding carboxylic acids is 1. The van der Waals surface area contributed by atoms with Gasteiger partial charge in [-0.15, -0.1) is 0 Å². The predicted molar refractivity (Wildman–Crippen MR) is 45.3 cm³/mol. The van der Waals surface area contributed by atoms with E-state index in [9.17, 15) is 4.79 Å². The molecule has 1 aromatic heterocycles. The van der Waals surface area contributed by atoms with Crippen molar-refractivity contribution in [3.05, 3.63) is 30.0 Å². The number of ether oxygens (including phenoxy) is 1. The van der Waals surface area contributed by atoms with Gasteiger partial charge in [0, 0.05) is 5.39 Å². The van der Waals surface area contributed by atoms with E-state index in [-0.39, 0.29) is 5.97 Å². The number of hydrogen-bond acceptors (Lipinski definition) is 4. The predicted octanol–water partition coefficient (Wildman–Crippen LogP) is 1.61. The number of benzene rings is 1. The lowest BCUT2D eigenvalue weighted by atomic mass is 10.2. The van der Waals surface area contributed by atoms with Crippen LogP contribution in [0, 0.1) is 0 Å². The summed E-state index contributed by atoms with van der Waals surface area (Å²) >= 11 is 0. The number of rotatable bonds is 1. The van der Waals surface area contributed by atoms with Crippen LogP contribution < -0.4 is 0 Å². The van der Waals surface area contributed by atoms with Crippen molar-refractivity contribution in [2.24, 2.45) is 0 Å². The molecule has 0 amide bonds. The van der Waals surface area contributed by atoms with Crippen molar-refractivity contribution < 1.29 is 14.1 Å². The Morgan fingerprint density at radius 1 is 1.54 bits per heavy atom. The first-order chi connectivity index (χ1) is 6.31. The first-order valence-corrected chi connectivity index (χ1v) is 3.74. The summed E-state index contributed by atoms with van der Waals surface area (Å²) in [5.74, 6) is -0.358. The smallest absolute Gasteiger partial charge is 0.337 e. The van der Waals surface area contributed by atoms with E-state index in [1.165, 1.54) is 13.4 Å². The minimum absolute atomic E-state index is 0.358. The number of carbonyl (C=O) groups is 1. The molecule has 4 nitrogen and oxygen atoms in total. The fraction of sp³-hybridized carbons (Fsp3) is 0.111. The molecular weight excluding hydrogens is 170 g/mol. The van der Waals surface area contributed by atoms with Gasteiger partial charge < -0.3 is 9.26 Å². The zero-order valence-corrected chi connectivity index (χ0v) is 6.98. The second-order valence-corrected chi connectivity index (χ2v) is 2.58. The van der Waals surface area contributed by atoms with Crippen LogP contribution in [0.15, 0.2) is 29.0 Å². The summed E-state index contributed by atoms with van der Waals surface area (Å²) in [6.45, 7) is 0. The van der Waals surface area contributed by atoms with E-state index in [2.05, 4.69) is 9.89 Å². The molecule has 0 fully saturated rings. The number of nitrogens with zero attached hydrogens (tertiary/aromatic N) is 1. The van der Waals surface area contributed by atoms with Crippen molar-refractivity contribution in [1.82, 2.24) is 5.16 Å². The highest BCUT2D eigenvalue weighted by Crippen LogP contribution is 2.14. The monoisotopic (exact) mass is 177 g/mol. The molecule has 0 aliphatic heterocycles. The maximum atomic E-state index is 11.1. The lowest BCUT2D eigenvalue weighted by Gasteiger charge is -1.96. The first kappa shape index (κ1) is 7.79. The lowest BCUT2D eigenvalue weighted by molar-refractivity contribution is 0.0601. The molecule has 0 saturated heterocycles.